The standard InChI is InChI=1S/C18H18FN3O3S/c1-4-25-16(23)15-12(3)20-17(26-15)22-11(2)9-21(18(22)24)10-13-5-7-14(19)8-6-13/h5-8H,2,4,9-10H2,1,3H3. The number of carbonyl (C=O) groups excluding carboxylic acids is 2. The van der Waals surface area contributed by atoms with E-state index in [1.165, 1.54) is 17.0 Å². The number of aryl methyl sites for hydroxylation is 1. The Balaban J connectivity index is 1.80. The van der Waals surface area contributed by atoms with E-state index in [4.69, 9.17) is 4.74 Å². The third kappa shape index (κ3) is 3.45. The van der Waals surface area contributed by atoms with Crippen molar-refractivity contribution in [1.82, 2.24) is 9.88 Å². The topological polar surface area (TPSA) is 62.7 Å². The van der Waals surface area contributed by atoms with Gasteiger partial charge in [-0.3, -0.25) is 0 Å². The molecule has 0 saturated carbocycles. The Hall–Kier alpha value is -2.74. The van der Waals surface area contributed by atoms with Gasteiger partial charge in [0.1, 0.15) is 10.7 Å². The molecule has 0 atom stereocenters. The van der Waals surface area contributed by atoms with Crippen LogP contribution >= 0.6 is 11.3 Å². The summed E-state index contributed by atoms with van der Waals surface area (Å²) >= 11 is 1.10. The van der Waals surface area contributed by atoms with Gasteiger partial charge in [0.2, 0.25) is 0 Å². The summed E-state index contributed by atoms with van der Waals surface area (Å²) < 4.78 is 18.0. The Morgan fingerprint density at radius 3 is 2.73 bits per heavy atom. The van der Waals surface area contributed by atoms with Crippen molar-refractivity contribution in [2.45, 2.75) is 20.4 Å². The first-order chi connectivity index (χ1) is 12.4. The van der Waals surface area contributed by atoms with Gasteiger partial charge in [-0.1, -0.05) is 30.0 Å². The van der Waals surface area contributed by atoms with Crippen molar-refractivity contribution < 1.29 is 18.7 Å². The molecule has 0 N–H and O–H groups in total. The molecule has 1 saturated heterocycles. The maximum absolute atomic E-state index is 13.0. The van der Waals surface area contributed by atoms with Gasteiger partial charge in [0.25, 0.3) is 0 Å². The van der Waals surface area contributed by atoms with Crippen LogP contribution in [0.3, 0.4) is 0 Å². The second kappa shape index (κ2) is 7.25. The van der Waals surface area contributed by atoms with Crippen LogP contribution in [0.2, 0.25) is 0 Å². The monoisotopic (exact) mass is 375 g/mol. The zero-order valence-corrected chi connectivity index (χ0v) is 15.3. The van der Waals surface area contributed by atoms with Crippen molar-refractivity contribution in [3.8, 4) is 0 Å². The number of hydrogen-bond acceptors (Lipinski definition) is 5. The Morgan fingerprint density at radius 1 is 1.38 bits per heavy atom. The van der Waals surface area contributed by atoms with Crippen LogP contribution in [0.4, 0.5) is 14.3 Å². The van der Waals surface area contributed by atoms with E-state index in [1.54, 1.807) is 30.9 Å². The lowest BCUT2D eigenvalue weighted by molar-refractivity contribution is 0.0531. The molecule has 136 valence electrons. The molecule has 0 radical (unpaired) electrons. The zero-order chi connectivity index (χ0) is 18.8. The Labute approximate surface area is 154 Å². The summed E-state index contributed by atoms with van der Waals surface area (Å²) in [7, 11) is 0. The number of thiazole rings is 1. The number of halogens is 1. The van der Waals surface area contributed by atoms with Crippen molar-refractivity contribution in [3.63, 3.8) is 0 Å². The summed E-state index contributed by atoms with van der Waals surface area (Å²) in [5.41, 5.74) is 1.90. The van der Waals surface area contributed by atoms with Crippen molar-refractivity contribution in [2.24, 2.45) is 0 Å². The van der Waals surface area contributed by atoms with Crippen molar-refractivity contribution in [2.75, 3.05) is 18.1 Å². The molecule has 2 amide bonds. The van der Waals surface area contributed by atoms with Crippen LogP contribution < -0.4 is 4.90 Å². The quantitative estimate of drug-likeness (QED) is 0.747. The largest absolute Gasteiger partial charge is 0.462 e. The number of rotatable bonds is 5. The third-order valence-corrected chi connectivity index (χ3v) is 5.00. The predicted molar refractivity (Wildman–Crippen MR) is 96.6 cm³/mol. The minimum Gasteiger partial charge on any atom is -0.462 e. The number of urea groups is 1. The van der Waals surface area contributed by atoms with Gasteiger partial charge in [-0.25, -0.2) is 23.9 Å². The van der Waals surface area contributed by atoms with Crippen LogP contribution in [0.5, 0.6) is 0 Å². The Kier molecular flexibility index (Phi) is 5.03. The van der Waals surface area contributed by atoms with Crippen LogP contribution in [0.1, 0.15) is 27.9 Å². The lowest BCUT2D eigenvalue weighted by Crippen LogP contribution is -2.31. The highest BCUT2D eigenvalue weighted by molar-refractivity contribution is 7.17. The molecular formula is C18H18FN3O3S. The highest BCUT2D eigenvalue weighted by Gasteiger charge is 2.35. The summed E-state index contributed by atoms with van der Waals surface area (Å²) in [5, 5.41) is 0.391. The lowest BCUT2D eigenvalue weighted by atomic mass is 10.2. The highest BCUT2D eigenvalue weighted by atomic mass is 32.1. The molecule has 0 bridgehead atoms. The molecule has 3 rings (SSSR count). The molecule has 8 heteroatoms. The van der Waals surface area contributed by atoms with E-state index in [0.29, 0.717) is 34.5 Å². The number of carbonyl (C=O) groups is 2. The Morgan fingerprint density at radius 2 is 2.08 bits per heavy atom. The minimum absolute atomic E-state index is 0.270. The summed E-state index contributed by atoms with van der Waals surface area (Å²) in [6.07, 6.45) is 0. The fourth-order valence-electron chi connectivity index (χ4n) is 2.65. The summed E-state index contributed by atoms with van der Waals surface area (Å²) in [5.74, 6) is -0.772. The van der Waals surface area contributed by atoms with Gasteiger partial charge in [0.15, 0.2) is 5.13 Å². The first-order valence-corrected chi connectivity index (χ1v) is 8.88. The SMILES string of the molecule is C=C1CN(Cc2ccc(F)cc2)C(=O)N1c1nc(C)c(C(=O)OCC)s1. The Bertz CT molecular complexity index is 863. The molecule has 0 spiro atoms. The van der Waals surface area contributed by atoms with Gasteiger partial charge in [0.05, 0.1) is 18.8 Å². The zero-order valence-electron chi connectivity index (χ0n) is 14.5. The number of ether oxygens (including phenoxy) is 1. The van der Waals surface area contributed by atoms with E-state index in [2.05, 4.69) is 11.6 Å². The molecule has 6 nitrogen and oxygen atoms in total. The first-order valence-electron chi connectivity index (χ1n) is 8.06. The van der Waals surface area contributed by atoms with E-state index in [9.17, 15) is 14.0 Å². The molecule has 0 unspecified atom stereocenters. The molecule has 2 heterocycles. The number of aromatic nitrogens is 1. The number of amides is 2. The third-order valence-electron chi connectivity index (χ3n) is 3.88. The minimum atomic E-state index is -0.450. The summed E-state index contributed by atoms with van der Waals surface area (Å²) in [6.45, 7) is 8.32. The molecule has 1 aliphatic rings. The lowest BCUT2D eigenvalue weighted by Gasteiger charge is -2.16. The van der Waals surface area contributed by atoms with E-state index in [0.717, 1.165) is 16.9 Å². The maximum Gasteiger partial charge on any atom is 0.350 e. The normalized spacial score (nSPS) is 14.3. The second-order valence-electron chi connectivity index (χ2n) is 5.80. The van der Waals surface area contributed by atoms with Crippen LogP contribution in [0, 0.1) is 12.7 Å². The first kappa shape index (κ1) is 18.1. The molecule has 1 aromatic heterocycles. The number of hydrogen-bond donors (Lipinski definition) is 0. The van der Waals surface area contributed by atoms with Crippen LogP contribution in [-0.2, 0) is 11.3 Å². The van der Waals surface area contributed by atoms with E-state index >= 15 is 0 Å². The second-order valence-corrected chi connectivity index (χ2v) is 6.78. The molecule has 1 aliphatic heterocycles. The number of anilines is 1. The van der Waals surface area contributed by atoms with Gasteiger partial charge >= 0.3 is 12.0 Å². The van der Waals surface area contributed by atoms with Crippen molar-refractivity contribution in [1.29, 1.82) is 0 Å². The van der Waals surface area contributed by atoms with E-state index in [1.807, 2.05) is 0 Å². The van der Waals surface area contributed by atoms with E-state index in [-0.39, 0.29) is 18.5 Å². The fraction of sp³-hybridized carbons (Fsp3) is 0.278. The smallest absolute Gasteiger partial charge is 0.350 e. The fourth-order valence-corrected chi connectivity index (χ4v) is 3.65. The predicted octanol–water partition coefficient (Wildman–Crippen LogP) is 3.72. The molecule has 1 fully saturated rings. The van der Waals surface area contributed by atoms with Crippen LogP contribution in [0.15, 0.2) is 36.5 Å². The molecular weight excluding hydrogens is 357 g/mol. The maximum atomic E-state index is 13.0. The van der Waals surface area contributed by atoms with Crippen molar-refractivity contribution >= 4 is 28.5 Å². The van der Waals surface area contributed by atoms with Gasteiger partial charge < -0.3 is 9.64 Å². The summed E-state index contributed by atoms with van der Waals surface area (Å²) in [6, 6.07) is 5.72. The van der Waals surface area contributed by atoms with Crippen molar-refractivity contribution in [3.05, 3.63) is 58.5 Å². The highest BCUT2D eigenvalue weighted by Crippen LogP contribution is 2.33. The average molecular weight is 375 g/mol. The molecule has 2 aromatic rings. The van der Waals surface area contributed by atoms with Gasteiger partial charge in [-0.05, 0) is 31.5 Å². The number of benzene rings is 1. The van der Waals surface area contributed by atoms with E-state index < -0.39 is 5.97 Å². The number of nitrogens with zero attached hydrogens (tertiary/aromatic N) is 3. The van der Waals surface area contributed by atoms with Gasteiger partial charge in [-0.2, -0.15) is 0 Å². The average Bonchev–Trinajstić information content (AvgIpc) is 3.10. The van der Waals surface area contributed by atoms with Gasteiger partial charge in [-0.15, -0.1) is 0 Å². The molecule has 26 heavy (non-hydrogen) atoms. The number of esters is 1. The van der Waals surface area contributed by atoms with Crippen LogP contribution in [-0.4, -0.2) is 35.0 Å². The summed E-state index contributed by atoms with van der Waals surface area (Å²) in [4.78, 5) is 32.5. The molecule has 1 aromatic carbocycles. The van der Waals surface area contributed by atoms with Crippen LogP contribution in [0.25, 0.3) is 0 Å². The van der Waals surface area contributed by atoms with Gasteiger partial charge in [0, 0.05) is 12.2 Å². The molecule has 0 aliphatic carbocycles.